The molecule has 0 radical (unpaired) electrons. The van der Waals surface area contributed by atoms with Gasteiger partial charge in [-0.3, -0.25) is 4.57 Å². The molecule has 7 heteroatoms. The van der Waals surface area contributed by atoms with E-state index in [2.05, 4.69) is 10.2 Å². The maximum atomic E-state index is 11.6. The molecule has 3 rings (SSSR count). The van der Waals surface area contributed by atoms with Crippen LogP contribution in [-0.2, 0) is 0 Å². The standard InChI is InChI=1S/C14H14N4O2S/c15-7-9-1-3-10(4-2-9)12(19)8-21-14-17-16-13(20)18(14)11-5-6-11/h1-4,11-12,19H,5-6,8H2,(H,16,20)/t12-/m0/s1. The highest BCUT2D eigenvalue weighted by Gasteiger charge is 2.28. The van der Waals surface area contributed by atoms with Crippen molar-refractivity contribution in [2.24, 2.45) is 0 Å². The van der Waals surface area contributed by atoms with Crippen molar-refractivity contribution in [1.82, 2.24) is 14.8 Å². The number of nitrogens with zero attached hydrogens (tertiary/aromatic N) is 3. The third-order valence-corrected chi connectivity index (χ3v) is 4.41. The van der Waals surface area contributed by atoms with Crippen molar-refractivity contribution < 1.29 is 5.11 Å². The van der Waals surface area contributed by atoms with E-state index >= 15 is 0 Å². The molecule has 1 saturated carbocycles. The fourth-order valence-corrected chi connectivity index (χ4v) is 3.06. The molecule has 0 spiro atoms. The lowest BCUT2D eigenvalue weighted by Gasteiger charge is -2.10. The highest BCUT2D eigenvalue weighted by Crippen LogP contribution is 2.36. The Balaban J connectivity index is 1.67. The number of aromatic nitrogens is 3. The van der Waals surface area contributed by atoms with Gasteiger partial charge in [0.05, 0.1) is 17.7 Å². The fourth-order valence-electron chi connectivity index (χ4n) is 2.08. The van der Waals surface area contributed by atoms with Gasteiger partial charge >= 0.3 is 5.69 Å². The van der Waals surface area contributed by atoms with E-state index in [9.17, 15) is 9.90 Å². The summed E-state index contributed by atoms with van der Waals surface area (Å²) in [6.45, 7) is 0. The number of nitrogens with one attached hydrogen (secondary N) is 1. The number of rotatable bonds is 5. The summed E-state index contributed by atoms with van der Waals surface area (Å²) < 4.78 is 1.66. The first-order valence-corrected chi connectivity index (χ1v) is 7.65. The molecular formula is C14H14N4O2S. The number of nitriles is 1. The van der Waals surface area contributed by atoms with Crippen molar-refractivity contribution >= 4 is 11.8 Å². The van der Waals surface area contributed by atoms with Gasteiger partial charge in [0.2, 0.25) is 0 Å². The van der Waals surface area contributed by atoms with Crippen LogP contribution in [-0.4, -0.2) is 25.6 Å². The summed E-state index contributed by atoms with van der Waals surface area (Å²) in [7, 11) is 0. The summed E-state index contributed by atoms with van der Waals surface area (Å²) in [4.78, 5) is 11.6. The van der Waals surface area contributed by atoms with E-state index in [0.717, 1.165) is 18.4 Å². The number of aliphatic hydroxyl groups is 1. The predicted octanol–water partition coefficient (Wildman–Crippen LogP) is 1.60. The minimum Gasteiger partial charge on any atom is -0.388 e. The van der Waals surface area contributed by atoms with Crippen molar-refractivity contribution in [2.45, 2.75) is 30.1 Å². The van der Waals surface area contributed by atoms with E-state index in [0.29, 0.717) is 16.5 Å². The van der Waals surface area contributed by atoms with E-state index in [1.54, 1.807) is 28.8 Å². The van der Waals surface area contributed by atoms with E-state index in [1.807, 2.05) is 6.07 Å². The first-order chi connectivity index (χ1) is 10.2. The maximum absolute atomic E-state index is 11.6. The minimum absolute atomic E-state index is 0.187. The lowest BCUT2D eigenvalue weighted by atomic mass is 10.1. The Morgan fingerprint density at radius 2 is 2.19 bits per heavy atom. The van der Waals surface area contributed by atoms with Crippen LogP contribution in [0.15, 0.2) is 34.2 Å². The molecule has 1 aliphatic rings. The Bertz CT molecular complexity index is 725. The second-order valence-electron chi connectivity index (χ2n) is 4.97. The Morgan fingerprint density at radius 3 is 2.81 bits per heavy atom. The zero-order chi connectivity index (χ0) is 14.8. The molecule has 2 N–H and O–H groups in total. The van der Waals surface area contributed by atoms with Crippen molar-refractivity contribution in [3.63, 3.8) is 0 Å². The largest absolute Gasteiger partial charge is 0.388 e. The molecule has 1 aliphatic carbocycles. The fraction of sp³-hybridized carbons (Fsp3) is 0.357. The topological polar surface area (TPSA) is 94.7 Å². The molecule has 108 valence electrons. The van der Waals surface area contributed by atoms with Gasteiger partial charge < -0.3 is 5.11 Å². The molecule has 1 atom stereocenters. The molecule has 6 nitrogen and oxygen atoms in total. The Kier molecular flexibility index (Phi) is 3.82. The van der Waals surface area contributed by atoms with Crippen LogP contribution in [0, 0.1) is 11.3 Å². The van der Waals surface area contributed by atoms with Gasteiger partial charge in [-0.05, 0) is 30.5 Å². The first kappa shape index (κ1) is 13.9. The van der Waals surface area contributed by atoms with Crippen molar-refractivity contribution in [1.29, 1.82) is 5.26 Å². The van der Waals surface area contributed by atoms with Crippen LogP contribution in [0.25, 0.3) is 0 Å². The average molecular weight is 302 g/mol. The third-order valence-electron chi connectivity index (χ3n) is 3.38. The number of aliphatic hydroxyl groups excluding tert-OH is 1. The number of hydrogen-bond donors (Lipinski definition) is 2. The Hall–Kier alpha value is -2.04. The lowest BCUT2D eigenvalue weighted by Crippen LogP contribution is -2.16. The van der Waals surface area contributed by atoms with Gasteiger partial charge in [0.25, 0.3) is 0 Å². The number of aromatic amines is 1. The molecule has 1 fully saturated rings. The van der Waals surface area contributed by atoms with Crippen LogP contribution in [0.5, 0.6) is 0 Å². The average Bonchev–Trinajstić information content (AvgIpc) is 3.28. The van der Waals surface area contributed by atoms with E-state index < -0.39 is 6.10 Å². The first-order valence-electron chi connectivity index (χ1n) is 6.67. The predicted molar refractivity (Wildman–Crippen MR) is 78.0 cm³/mol. The summed E-state index contributed by atoms with van der Waals surface area (Å²) in [6, 6.07) is 9.13. The molecule has 0 unspecified atom stereocenters. The smallest absolute Gasteiger partial charge is 0.344 e. The number of hydrogen-bond acceptors (Lipinski definition) is 5. The maximum Gasteiger partial charge on any atom is 0.344 e. The van der Waals surface area contributed by atoms with Gasteiger partial charge in [-0.1, -0.05) is 23.9 Å². The molecule has 1 aromatic heterocycles. The summed E-state index contributed by atoms with van der Waals surface area (Å²) in [5, 5.41) is 26.0. The van der Waals surface area contributed by atoms with Gasteiger partial charge in [0, 0.05) is 11.8 Å². The van der Waals surface area contributed by atoms with E-state index in [-0.39, 0.29) is 11.7 Å². The monoisotopic (exact) mass is 302 g/mol. The van der Waals surface area contributed by atoms with Crippen LogP contribution in [0.4, 0.5) is 0 Å². The van der Waals surface area contributed by atoms with Crippen molar-refractivity contribution in [3.05, 3.63) is 45.9 Å². The highest BCUT2D eigenvalue weighted by atomic mass is 32.2. The second kappa shape index (κ2) is 5.76. The molecule has 1 heterocycles. The molecular weight excluding hydrogens is 288 g/mol. The van der Waals surface area contributed by atoms with Gasteiger partial charge in [-0.2, -0.15) is 5.26 Å². The number of thioether (sulfide) groups is 1. The zero-order valence-corrected chi connectivity index (χ0v) is 12.0. The van der Waals surface area contributed by atoms with Crippen LogP contribution >= 0.6 is 11.8 Å². The lowest BCUT2D eigenvalue weighted by molar-refractivity contribution is 0.204. The third kappa shape index (κ3) is 3.01. The molecule has 0 amide bonds. The van der Waals surface area contributed by atoms with Crippen LogP contribution < -0.4 is 5.69 Å². The van der Waals surface area contributed by atoms with Crippen molar-refractivity contribution in [2.75, 3.05) is 5.75 Å². The van der Waals surface area contributed by atoms with Gasteiger partial charge in [-0.25, -0.2) is 9.89 Å². The second-order valence-corrected chi connectivity index (χ2v) is 5.96. The molecule has 0 bridgehead atoms. The quantitative estimate of drug-likeness (QED) is 0.818. The molecule has 21 heavy (non-hydrogen) atoms. The molecule has 0 saturated heterocycles. The van der Waals surface area contributed by atoms with Crippen LogP contribution in [0.3, 0.4) is 0 Å². The zero-order valence-electron chi connectivity index (χ0n) is 11.2. The van der Waals surface area contributed by atoms with E-state index in [4.69, 9.17) is 5.26 Å². The molecule has 2 aromatic rings. The van der Waals surface area contributed by atoms with Crippen molar-refractivity contribution in [3.8, 4) is 6.07 Å². The van der Waals surface area contributed by atoms with E-state index in [1.165, 1.54) is 11.8 Å². The SMILES string of the molecule is N#Cc1ccc([C@@H](O)CSc2n[nH]c(=O)n2C2CC2)cc1. The summed E-state index contributed by atoms with van der Waals surface area (Å²) in [6.07, 6.45) is 1.35. The van der Waals surface area contributed by atoms with Crippen LogP contribution in [0.1, 0.15) is 36.1 Å². The minimum atomic E-state index is -0.665. The Labute approximate surface area is 125 Å². The summed E-state index contributed by atoms with van der Waals surface area (Å²) in [5.41, 5.74) is 1.12. The Morgan fingerprint density at radius 1 is 1.48 bits per heavy atom. The van der Waals surface area contributed by atoms with Gasteiger partial charge in [0.1, 0.15) is 0 Å². The number of H-pyrrole nitrogens is 1. The van der Waals surface area contributed by atoms with Gasteiger partial charge in [0.15, 0.2) is 5.16 Å². The van der Waals surface area contributed by atoms with Gasteiger partial charge in [-0.15, -0.1) is 5.10 Å². The molecule has 1 aromatic carbocycles. The summed E-state index contributed by atoms with van der Waals surface area (Å²) >= 11 is 1.35. The summed E-state index contributed by atoms with van der Waals surface area (Å²) in [5.74, 6) is 0.406. The highest BCUT2D eigenvalue weighted by molar-refractivity contribution is 7.99. The normalized spacial score (nSPS) is 15.6. The van der Waals surface area contributed by atoms with Crippen LogP contribution in [0.2, 0.25) is 0 Å². The molecule has 0 aliphatic heterocycles. The number of benzene rings is 1.